The van der Waals surface area contributed by atoms with E-state index in [1.54, 1.807) is 6.07 Å². The third kappa shape index (κ3) is 3.10. The molecule has 8 heteroatoms. The molecule has 0 bridgehead atoms. The Hall–Kier alpha value is -2.45. The molecule has 0 aliphatic carbocycles. The number of benzene rings is 1. The molecule has 1 saturated heterocycles. The van der Waals surface area contributed by atoms with Crippen LogP contribution in [-0.2, 0) is 0 Å². The van der Waals surface area contributed by atoms with Gasteiger partial charge in [0.1, 0.15) is 5.75 Å². The van der Waals surface area contributed by atoms with Crippen LogP contribution in [0.1, 0.15) is 12.8 Å². The molecule has 0 radical (unpaired) electrons. The van der Waals surface area contributed by atoms with E-state index < -0.39 is 0 Å². The van der Waals surface area contributed by atoms with Crippen LogP contribution in [0.4, 0.5) is 5.95 Å². The highest BCUT2D eigenvalue weighted by molar-refractivity contribution is 7.17. The molecule has 1 fully saturated rings. The van der Waals surface area contributed by atoms with Crippen LogP contribution in [0.3, 0.4) is 0 Å². The number of aromatic hydroxyl groups is 1. The van der Waals surface area contributed by atoms with Gasteiger partial charge in [-0.2, -0.15) is 0 Å². The summed E-state index contributed by atoms with van der Waals surface area (Å²) in [6.45, 7) is 1.99. The molecule has 2 aromatic heterocycles. The fraction of sp³-hybridized carbons (Fsp3) is 0.353. The molecule has 3 aromatic rings. The smallest absolute Gasteiger partial charge is 0.279 e. The number of phenolic OH excluding ortho intramolecular Hbond substituents is 1. The van der Waals surface area contributed by atoms with Crippen molar-refractivity contribution in [2.45, 2.75) is 18.9 Å². The Morgan fingerprint density at radius 1 is 1.36 bits per heavy atom. The maximum atomic E-state index is 12.5. The summed E-state index contributed by atoms with van der Waals surface area (Å²) in [7, 11) is 2.08. The van der Waals surface area contributed by atoms with Crippen LogP contribution in [0.15, 0.2) is 28.4 Å². The number of likely N-dealkylation sites (N-methyl/N-ethyl adjacent to an activating group) is 1. The number of phenols is 1. The second-order valence-electron chi connectivity index (χ2n) is 6.39. The minimum absolute atomic E-state index is 0.0631. The molecule has 1 aliphatic rings. The summed E-state index contributed by atoms with van der Waals surface area (Å²) < 4.78 is 0.963. The topological polar surface area (TPSA) is 94.1 Å². The molecule has 3 heterocycles. The lowest BCUT2D eigenvalue weighted by atomic mass is 10.1. The number of fused-ring (bicyclic) bond motifs is 1. The van der Waals surface area contributed by atoms with Gasteiger partial charge < -0.3 is 15.3 Å². The summed E-state index contributed by atoms with van der Waals surface area (Å²) in [6, 6.07) is 5.65. The number of thiophene rings is 1. The van der Waals surface area contributed by atoms with E-state index in [-0.39, 0.29) is 23.0 Å². The second kappa shape index (κ2) is 6.45. The number of likely N-dealkylation sites (tertiary alicyclic amines) is 1. The van der Waals surface area contributed by atoms with Gasteiger partial charge in [-0.3, -0.25) is 9.78 Å². The van der Waals surface area contributed by atoms with Crippen LogP contribution in [0, 0.1) is 0 Å². The lowest BCUT2D eigenvalue weighted by Gasteiger charge is -2.30. The van der Waals surface area contributed by atoms with Crippen LogP contribution in [-0.4, -0.2) is 51.4 Å². The number of rotatable bonds is 3. The first-order chi connectivity index (χ1) is 12.1. The highest BCUT2D eigenvalue weighted by Gasteiger charge is 2.19. The van der Waals surface area contributed by atoms with E-state index in [0.29, 0.717) is 11.5 Å². The predicted octanol–water partition coefficient (Wildman–Crippen LogP) is 2.26. The van der Waals surface area contributed by atoms with Crippen molar-refractivity contribution in [2.75, 3.05) is 25.5 Å². The highest BCUT2D eigenvalue weighted by atomic mass is 32.1. The number of hydrogen-bond donors (Lipinski definition) is 3. The fourth-order valence-corrected chi connectivity index (χ4v) is 4.06. The Balaban J connectivity index is 1.63. The van der Waals surface area contributed by atoms with E-state index in [4.69, 9.17) is 0 Å². The van der Waals surface area contributed by atoms with Gasteiger partial charge in [0.25, 0.3) is 5.56 Å². The molecule has 0 unspecified atom stereocenters. The van der Waals surface area contributed by atoms with Crippen molar-refractivity contribution in [3.05, 3.63) is 33.9 Å². The van der Waals surface area contributed by atoms with Crippen molar-refractivity contribution in [1.29, 1.82) is 0 Å². The van der Waals surface area contributed by atoms with Gasteiger partial charge in [0.05, 0.1) is 5.56 Å². The minimum atomic E-state index is -0.369. The van der Waals surface area contributed by atoms with Crippen molar-refractivity contribution in [1.82, 2.24) is 20.1 Å². The number of anilines is 1. The van der Waals surface area contributed by atoms with Crippen LogP contribution in [0.25, 0.3) is 21.3 Å². The summed E-state index contributed by atoms with van der Waals surface area (Å²) in [5.74, 6) is 0.429. The molecule has 1 aromatic carbocycles. The van der Waals surface area contributed by atoms with E-state index in [1.807, 2.05) is 17.5 Å². The molecule has 1 atom stereocenters. The quantitative estimate of drug-likeness (QED) is 0.666. The molecule has 0 spiro atoms. The van der Waals surface area contributed by atoms with E-state index in [0.717, 1.165) is 36.0 Å². The molecule has 4 rings (SSSR count). The van der Waals surface area contributed by atoms with Crippen molar-refractivity contribution < 1.29 is 5.11 Å². The summed E-state index contributed by atoms with van der Waals surface area (Å²) in [5.41, 5.74) is 0.145. The van der Waals surface area contributed by atoms with E-state index >= 15 is 0 Å². The average molecular weight is 357 g/mol. The predicted molar refractivity (Wildman–Crippen MR) is 99.3 cm³/mol. The molecule has 25 heavy (non-hydrogen) atoms. The van der Waals surface area contributed by atoms with E-state index in [9.17, 15) is 9.90 Å². The largest absolute Gasteiger partial charge is 0.507 e. The summed E-state index contributed by atoms with van der Waals surface area (Å²) in [6.07, 6.45) is 2.14. The number of nitrogens with one attached hydrogen (secondary N) is 2. The van der Waals surface area contributed by atoms with Gasteiger partial charge in [0, 0.05) is 22.7 Å². The first-order valence-corrected chi connectivity index (χ1v) is 9.11. The van der Waals surface area contributed by atoms with Crippen LogP contribution >= 0.6 is 11.3 Å². The molecule has 1 aliphatic heterocycles. The lowest BCUT2D eigenvalue weighted by molar-refractivity contribution is 0.260. The monoisotopic (exact) mass is 357 g/mol. The summed E-state index contributed by atoms with van der Waals surface area (Å²) in [4.78, 5) is 17.4. The van der Waals surface area contributed by atoms with Crippen LogP contribution in [0.5, 0.6) is 5.75 Å². The number of nitrogens with zero attached hydrogens (tertiary/aromatic N) is 3. The van der Waals surface area contributed by atoms with E-state index in [2.05, 4.69) is 32.4 Å². The third-order valence-corrected chi connectivity index (χ3v) is 5.41. The number of aromatic nitrogens is 3. The molecule has 7 nitrogen and oxygen atoms in total. The summed E-state index contributed by atoms with van der Waals surface area (Å²) in [5, 5.41) is 24.5. The molecule has 130 valence electrons. The van der Waals surface area contributed by atoms with Crippen molar-refractivity contribution in [2.24, 2.45) is 0 Å². The molecule has 3 N–H and O–H groups in total. The Bertz CT molecular complexity index is 967. The maximum absolute atomic E-state index is 12.5. The Kier molecular flexibility index (Phi) is 4.14. The van der Waals surface area contributed by atoms with Gasteiger partial charge in [0.2, 0.25) is 5.95 Å². The zero-order valence-corrected chi connectivity index (χ0v) is 14.6. The first-order valence-electron chi connectivity index (χ1n) is 8.23. The second-order valence-corrected chi connectivity index (χ2v) is 7.34. The average Bonchev–Trinajstić information content (AvgIpc) is 3.06. The first kappa shape index (κ1) is 16.0. The van der Waals surface area contributed by atoms with Gasteiger partial charge in [0.15, 0.2) is 5.69 Å². The lowest BCUT2D eigenvalue weighted by Crippen LogP contribution is -2.40. The molecular formula is C17H19N5O2S. The third-order valence-electron chi connectivity index (χ3n) is 4.52. The summed E-state index contributed by atoms with van der Waals surface area (Å²) >= 11 is 1.54. The van der Waals surface area contributed by atoms with Crippen molar-refractivity contribution in [3.8, 4) is 17.0 Å². The highest BCUT2D eigenvalue weighted by Crippen LogP contribution is 2.36. The van der Waals surface area contributed by atoms with Gasteiger partial charge in [-0.15, -0.1) is 21.5 Å². The zero-order chi connectivity index (χ0) is 17.4. The van der Waals surface area contributed by atoms with Crippen molar-refractivity contribution >= 4 is 27.4 Å². The number of aromatic amines is 1. The standard InChI is InChI=1S/C17H19N5O2S/c1-22-7-2-3-10(9-22)18-17-19-16(24)14(20-21-17)12-4-5-13-11(15(12)23)6-8-25-13/h4-6,8,10,23H,2-3,7,9H2,1H3,(H2,18,19,21,24)/t10-/m1/s1. The SMILES string of the molecule is CN1CCC[C@@H](Nc2nnc(-c3ccc4sccc4c3O)c(=O)[nH]2)C1. The number of hydrogen-bond acceptors (Lipinski definition) is 7. The molecule has 0 amide bonds. The van der Waals surface area contributed by atoms with E-state index in [1.165, 1.54) is 11.3 Å². The van der Waals surface area contributed by atoms with Crippen LogP contribution < -0.4 is 10.9 Å². The van der Waals surface area contributed by atoms with Crippen molar-refractivity contribution in [3.63, 3.8) is 0 Å². The van der Waals surface area contributed by atoms with Crippen LogP contribution in [0.2, 0.25) is 0 Å². The molecular weight excluding hydrogens is 338 g/mol. The normalized spacial score (nSPS) is 18.5. The fourth-order valence-electron chi connectivity index (χ4n) is 3.28. The molecule has 0 saturated carbocycles. The Labute approximate surface area is 148 Å². The minimum Gasteiger partial charge on any atom is -0.507 e. The van der Waals surface area contributed by atoms with Gasteiger partial charge >= 0.3 is 0 Å². The Morgan fingerprint density at radius 2 is 2.24 bits per heavy atom. The maximum Gasteiger partial charge on any atom is 0.279 e. The van der Waals surface area contributed by atoms with Gasteiger partial charge in [-0.25, -0.2) is 0 Å². The number of piperidine rings is 1. The Morgan fingerprint density at radius 3 is 3.04 bits per heavy atom. The zero-order valence-electron chi connectivity index (χ0n) is 13.8. The number of H-pyrrole nitrogens is 1. The van der Waals surface area contributed by atoms with Gasteiger partial charge in [-0.05, 0) is 50.0 Å². The van der Waals surface area contributed by atoms with Gasteiger partial charge in [-0.1, -0.05) is 0 Å².